The lowest BCUT2D eigenvalue weighted by atomic mass is 10.0. The van der Waals surface area contributed by atoms with Crippen molar-refractivity contribution in [2.45, 2.75) is 6.04 Å². The number of hydrogen-bond donors (Lipinski definition) is 1. The molecule has 1 saturated heterocycles. The maximum absolute atomic E-state index is 13.0. The van der Waals surface area contributed by atoms with Crippen molar-refractivity contribution in [1.29, 1.82) is 0 Å². The van der Waals surface area contributed by atoms with Crippen molar-refractivity contribution >= 4 is 5.91 Å². The lowest BCUT2D eigenvalue weighted by Crippen LogP contribution is -2.43. The molecule has 0 bridgehead atoms. The second-order valence-corrected chi connectivity index (χ2v) is 7.06. The van der Waals surface area contributed by atoms with Crippen LogP contribution in [-0.2, 0) is 4.74 Å². The third-order valence-electron chi connectivity index (χ3n) is 5.37. The second-order valence-electron chi connectivity index (χ2n) is 7.06. The SMILES string of the molecule is COc1ccc([C@H](CNC(=O)c2cc(OC)c(OC)c(OC)c2)N2CCOCC2)cc1. The Balaban J connectivity index is 1.79. The number of hydrogen-bond acceptors (Lipinski definition) is 7. The van der Waals surface area contributed by atoms with Gasteiger partial charge in [0.05, 0.1) is 47.7 Å². The number of methoxy groups -OCH3 is 4. The van der Waals surface area contributed by atoms with E-state index < -0.39 is 0 Å². The Kier molecular flexibility index (Phi) is 7.97. The number of carbonyl (C=O) groups is 1. The molecule has 168 valence electrons. The monoisotopic (exact) mass is 430 g/mol. The Labute approximate surface area is 183 Å². The molecule has 31 heavy (non-hydrogen) atoms. The summed E-state index contributed by atoms with van der Waals surface area (Å²) >= 11 is 0. The van der Waals surface area contributed by atoms with Crippen molar-refractivity contribution in [2.75, 3.05) is 61.3 Å². The molecule has 8 heteroatoms. The molecule has 0 aliphatic carbocycles. The van der Waals surface area contributed by atoms with Gasteiger partial charge in [-0.2, -0.15) is 0 Å². The van der Waals surface area contributed by atoms with E-state index >= 15 is 0 Å². The van der Waals surface area contributed by atoms with Gasteiger partial charge in [-0.3, -0.25) is 9.69 Å². The van der Waals surface area contributed by atoms with Crippen LogP contribution in [0.2, 0.25) is 0 Å². The van der Waals surface area contributed by atoms with Crippen molar-refractivity contribution in [3.63, 3.8) is 0 Å². The molecule has 0 radical (unpaired) electrons. The molecule has 8 nitrogen and oxygen atoms in total. The van der Waals surface area contributed by atoms with Crippen LogP contribution in [0.15, 0.2) is 36.4 Å². The predicted octanol–water partition coefficient (Wildman–Crippen LogP) is 2.52. The number of rotatable bonds is 9. The minimum absolute atomic E-state index is 0.0146. The standard InChI is InChI=1S/C23H30N2O6/c1-27-18-7-5-16(6-8-18)19(25-9-11-31-12-10-25)15-24-23(26)17-13-20(28-2)22(30-4)21(14-17)29-3/h5-8,13-14,19H,9-12,15H2,1-4H3,(H,24,26)/t19-/m0/s1. The highest BCUT2D eigenvalue weighted by atomic mass is 16.5. The van der Waals surface area contributed by atoms with Gasteiger partial charge < -0.3 is 29.0 Å². The van der Waals surface area contributed by atoms with Gasteiger partial charge in [0.2, 0.25) is 5.75 Å². The highest BCUT2D eigenvalue weighted by Crippen LogP contribution is 2.38. The number of benzene rings is 2. The fourth-order valence-electron chi connectivity index (χ4n) is 3.68. The molecule has 1 aliphatic rings. The number of nitrogens with one attached hydrogen (secondary N) is 1. The van der Waals surface area contributed by atoms with Gasteiger partial charge in [-0.15, -0.1) is 0 Å². The Hall–Kier alpha value is -2.97. The van der Waals surface area contributed by atoms with Crippen molar-refractivity contribution < 1.29 is 28.5 Å². The van der Waals surface area contributed by atoms with Crippen LogP contribution in [0.1, 0.15) is 22.0 Å². The summed E-state index contributed by atoms with van der Waals surface area (Å²) in [6.07, 6.45) is 0. The quantitative estimate of drug-likeness (QED) is 0.655. The molecule has 2 aromatic rings. The first-order valence-corrected chi connectivity index (χ1v) is 10.1. The van der Waals surface area contributed by atoms with E-state index in [1.165, 1.54) is 21.3 Å². The van der Waals surface area contributed by atoms with E-state index in [1.54, 1.807) is 19.2 Å². The van der Waals surface area contributed by atoms with Gasteiger partial charge in [0.15, 0.2) is 11.5 Å². The minimum atomic E-state index is -0.217. The third-order valence-corrected chi connectivity index (χ3v) is 5.37. The summed E-state index contributed by atoms with van der Waals surface area (Å²) in [6, 6.07) is 11.2. The average Bonchev–Trinajstić information content (AvgIpc) is 2.84. The lowest BCUT2D eigenvalue weighted by Gasteiger charge is -2.35. The molecule has 0 spiro atoms. The molecule has 1 fully saturated rings. The molecule has 0 unspecified atom stereocenters. The normalized spacial score (nSPS) is 15.1. The number of morpholine rings is 1. The molecule has 2 aromatic carbocycles. The molecule has 1 atom stereocenters. The van der Waals surface area contributed by atoms with Crippen LogP contribution in [0.25, 0.3) is 0 Å². The Morgan fingerprint density at radius 2 is 1.58 bits per heavy atom. The topological polar surface area (TPSA) is 78.5 Å². The van der Waals surface area contributed by atoms with Crippen molar-refractivity contribution in [2.24, 2.45) is 0 Å². The molecule has 0 aromatic heterocycles. The summed E-state index contributed by atoms with van der Waals surface area (Å²) in [6.45, 7) is 3.40. The summed E-state index contributed by atoms with van der Waals surface area (Å²) in [7, 11) is 6.22. The maximum atomic E-state index is 13.0. The summed E-state index contributed by atoms with van der Waals surface area (Å²) in [4.78, 5) is 15.3. The first-order chi connectivity index (χ1) is 15.1. The zero-order valence-corrected chi connectivity index (χ0v) is 18.5. The Morgan fingerprint density at radius 3 is 2.10 bits per heavy atom. The fourth-order valence-corrected chi connectivity index (χ4v) is 3.68. The third kappa shape index (κ3) is 5.39. The second kappa shape index (κ2) is 10.9. The van der Waals surface area contributed by atoms with Crippen molar-refractivity contribution in [3.8, 4) is 23.0 Å². The van der Waals surface area contributed by atoms with Crippen LogP contribution in [0.5, 0.6) is 23.0 Å². The van der Waals surface area contributed by atoms with Crippen LogP contribution in [0, 0.1) is 0 Å². The highest BCUT2D eigenvalue weighted by Gasteiger charge is 2.24. The smallest absolute Gasteiger partial charge is 0.251 e. The summed E-state index contributed by atoms with van der Waals surface area (Å²) < 4.78 is 26.8. The summed E-state index contributed by atoms with van der Waals surface area (Å²) in [5.41, 5.74) is 1.54. The van der Waals surface area contributed by atoms with E-state index in [0.29, 0.717) is 42.6 Å². The molecule has 3 rings (SSSR count). The largest absolute Gasteiger partial charge is 0.497 e. The summed E-state index contributed by atoms with van der Waals surface area (Å²) in [5.74, 6) is 1.90. The minimum Gasteiger partial charge on any atom is -0.497 e. The molecule has 1 heterocycles. The predicted molar refractivity (Wildman–Crippen MR) is 117 cm³/mol. The van der Waals surface area contributed by atoms with Gasteiger partial charge in [-0.1, -0.05) is 12.1 Å². The zero-order valence-electron chi connectivity index (χ0n) is 18.5. The average molecular weight is 431 g/mol. The van der Waals surface area contributed by atoms with Crippen LogP contribution < -0.4 is 24.3 Å². The van der Waals surface area contributed by atoms with Gasteiger partial charge >= 0.3 is 0 Å². The Bertz CT molecular complexity index is 840. The van der Waals surface area contributed by atoms with E-state index in [-0.39, 0.29) is 11.9 Å². The molecular weight excluding hydrogens is 400 g/mol. The van der Waals surface area contributed by atoms with Crippen molar-refractivity contribution in [3.05, 3.63) is 47.5 Å². The molecular formula is C23H30N2O6. The van der Waals surface area contributed by atoms with Gasteiger partial charge in [-0.05, 0) is 29.8 Å². The number of ether oxygens (including phenoxy) is 5. The van der Waals surface area contributed by atoms with E-state index in [0.717, 1.165) is 24.4 Å². The van der Waals surface area contributed by atoms with Gasteiger partial charge in [-0.25, -0.2) is 0 Å². The van der Waals surface area contributed by atoms with Crippen LogP contribution in [0.3, 0.4) is 0 Å². The zero-order chi connectivity index (χ0) is 22.2. The fraction of sp³-hybridized carbons (Fsp3) is 0.435. The van der Waals surface area contributed by atoms with Crippen molar-refractivity contribution in [1.82, 2.24) is 10.2 Å². The maximum Gasteiger partial charge on any atom is 0.251 e. The van der Waals surface area contributed by atoms with Crippen LogP contribution >= 0.6 is 0 Å². The Morgan fingerprint density at radius 1 is 0.968 bits per heavy atom. The molecule has 1 aliphatic heterocycles. The van der Waals surface area contributed by atoms with E-state index in [9.17, 15) is 4.79 Å². The number of carbonyl (C=O) groups excluding carboxylic acids is 1. The molecule has 0 saturated carbocycles. The van der Waals surface area contributed by atoms with E-state index in [4.69, 9.17) is 23.7 Å². The summed E-state index contributed by atoms with van der Waals surface area (Å²) in [5, 5.41) is 3.06. The first-order valence-electron chi connectivity index (χ1n) is 10.1. The van der Waals surface area contributed by atoms with Gasteiger partial charge in [0, 0.05) is 25.2 Å². The van der Waals surface area contributed by atoms with Gasteiger partial charge in [0.1, 0.15) is 5.75 Å². The highest BCUT2D eigenvalue weighted by molar-refractivity contribution is 5.95. The van der Waals surface area contributed by atoms with Gasteiger partial charge in [0.25, 0.3) is 5.91 Å². The molecule has 1 N–H and O–H groups in total. The number of nitrogens with zero attached hydrogens (tertiary/aromatic N) is 1. The van der Waals surface area contributed by atoms with E-state index in [1.807, 2.05) is 24.3 Å². The van der Waals surface area contributed by atoms with E-state index in [2.05, 4.69) is 10.2 Å². The first kappa shape index (κ1) is 22.7. The lowest BCUT2D eigenvalue weighted by molar-refractivity contribution is 0.0162. The molecule has 1 amide bonds. The van der Waals surface area contributed by atoms with Crippen LogP contribution in [-0.4, -0.2) is 72.1 Å². The number of amides is 1. The van der Waals surface area contributed by atoms with Crippen LogP contribution in [0.4, 0.5) is 0 Å².